The highest BCUT2D eigenvalue weighted by Gasteiger charge is 2.49. The van der Waals surface area contributed by atoms with Gasteiger partial charge in [-0.2, -0.15) is 9.15 Å². The van der Waals surface area contributed by atoms with Gasteiger partial charge in [-0.05, 0) is 71.8 Å². The Morgan fingerprint density at radius 3 is 1.42 bits per heavy atom. The van der Waals surface area contributed by atoms with E-state index < -0.39 is 0 Å². The molecule has 0 amide bonds. The lowest BCUT2D eigenvalue weighted by Gasteiger charge is -2.35. The molecule has 4 aliphatic heterocycles. The van der Waals surface area contributed by atoms with Gasteiger partial charge in [-0.15, -0.1) is 0 Å². The summed E-state index contributed by atoms with van der Waals surface area (Å²) < 4.78 is 4.73. The van der Waals surface area contributed by atoms with E-state index in [-0.39, 0.29) is 12.1 Å². The Hall–Kier alpha value is -6.92. The zero-order valence-electron chi connectivity index (χ0n) is 28.0. The second-order valence-corrected chi connectivity index (χ2v) is 13.8. The Kier molecular flexibility index (Phi) is 5.52. The number of allylic oxidation sites excluding steroid dienone is 4. The van der Waals surface area contributed by atoms with Crippen molar-refractivity contribution in [3.63, 3.8) is 0 Å². The van der Waals surface area contributed by atoms with E-state index in [1.807, 2.05) is 6.07 Å². The Morgan fingerprint density at radius 2 is 0.904 bits per heavy atom. The van der Waals surface area contributed by atoms with Gasteiger partial charge in [0.05, 0.1) is 16.9 Å². The molecule has 6 heteroatoms. The number of hydrogen-bond donors (Lipinski definition) is 0. The van der Waals surface area contributed by atoms with E-state index in [1.54, 1.807) is 0 Å². The lowest BCUT2D eigenvalue weighted by Crippen LogP contribution is -2.44. The number of rotatable bonds is 3. The Labute approximate surface area is 300 Å². The minimum Gasteiger partial charge on any atom is -0.322 e. The van der Waals surface area contributed by atoms with Crippen molar-refractivity contribution < 1.29 is 0 Å². The quantitative estimate of drug-likeness (QED) is 0.176. The van der Waals surface area contributed by atoms with Crippen LogP contribution in [0.1, 0.15) is 11.1 Å². The van der Waals surface area contributed by atoms with Gasteiger partial charge in [-0.3, -0.25) is 0 Å². The lowest BCUT2D eigenvalue weighted by molar-refractivity contribution is 0.882. The third kappa shape index (κ3) is 3.62. The molecule has 0 spiro atoms. The molecule has 2 unspecified atom stereocenters. The Morgan fingerprint density at radius 1 is 0.462 bits per heavy atom. The molecule has 2 aliphatic carbocycles. The zero-order valence-corrected chi connectivity index (χ0v) is 28.0. The first kappa shape index (κ1) is 27.9. The molecule has 0 radical (unpaired) electrons. The fraction of sp³-hybridized carbons (Fsp3) is 0.0435. The first-order valence-corrected chi connectivity index (χ1v) is 17.8. The number of benzene rings is 5. The Balaban J connectivity index is 1.14. The summed E-state index contributed by atoms with van der Waals surface area (Å²) in [6.07, 6.45) is 13.4. The number of para-hydroxylation sites is 6. The van der Waals surface area contributed by atoms with Crippen LogP contribution in [0.25, 0.3) is 22.5 Å². The fourth-order valence-corrected chi connectivity index (χ4v) is 9.14. The van der Waals surface area contributed by atoms with Gasteiger partial charge in [0.25, 0.3) is 0 Å². The van der Waals surface area contributed by atoms with Crippen LogP contribution in [0.15, 0.2) is 170 Å². The third-order valence-corrected chi connectivity index (χ3v) is 11.2. The number of anilines is 4. The zero-order chi connectivity index (χ0) is 33.9. The summed E-state index contributed by atoms with van der Waals surface area (Å²) in [4.78, 5) is 15.8. The van der Waals surface area contributed by atoms with Crippen LogP contribution in [0.3, 0.4) is 0 Å². The molecule has 0 saturated heterocycles. The number of aromatic nitrogens is 2. The predicted molar refractivity (Wildman–Crippen MR) is 212 cm³/mol. The van der Waals surface area contributed by atoms with Gasteiger partial charge in [0.2, 0.25) is 0 Å². The first-order valence-electron chi connectivity index (χ1n) is 17.8. The van der Waals surface area contributed by atoms with Gasteiger partial charge in [0.15, 0.2) is 11.4 Å². The van der Waals surface area contributed by atoms with Gasteiger partial charge in [0.1, 0.15) is 29.6 Å². The summed E-state index contributed by atoms with van der Waals surface area (Å²) in [6, 6.07) is 47.6. The van der Waals surface area contributed by atoms with Gasteiger partial charge in [-0.25, -0.2) is 0 Å². The summed E-state index contributed by atoms with van der Waals surface area (Å²) in [5.41, 5.74) is 15.4. The van der Waals surface area contributed by atoms with Crippen LogP contribution in [0.4, 0.5) is 45.8 Å². The molecular weight excluding hydrogens is 637 g/mol. The van der Waals surface area contributed by atoms with Gasteiger partial charge in [-0.1, -0.05) is 103 Å². The molecule has 0 saturated carbocycles. The molecule has 0 fully saturated rings. The SMILES string of the molecule is C1=CC2=[N+](c3cc([N+]4=C5C=CC=C6c7ccccc7N(c7ccccc74)C65)nc(-c4ccccc4)n3)c3ccccc3N3c4ccccc4C(=C1)C23. The molecule has 5 aromatic carbocycles. The minimum atomic E-state index is 0.0282. The molecule has 12 rings (SSSR count). The highest BCUT2D eigenvalue weighted by atomic mass is 15.3. The van der Waals surface area contributed by atoms with Gasteiger partial charge in [0, 0.05) is 32.5 Å². The van der Waals surface area contributed by atoms with Crippen LogP contribution in [0, 0.1) is 0 Å². The van der Waals surface area contributed by atoms with E-state index in [9.17, 15) is 0 Å². The molecule has 1 aromatic heterocycles. The van der Waals surface area contributed by atoms with Gasteiger partial charge >= 0.3 is 17.5 Å². The van der Waals surface area contributed by atoms with Crippen molar-refractivity contribution in [1.82, 2.24) is 19.1 Å². The van der Waals surface area contributed by atoms with E-state index in [0.717, 1.165) is 39.9 Å². The van der Waals surface area contributed by atoms with Crippen molar-refractivity contribution in [2.75, 3.05) is 9.80 Å². The topological polar surface area (TPSA) is 38.3 Å². The van der Waals surface area contributed by atoms with Crippen molar-refractivity contribution in [2.45, 2.75) is 12.1 Å². The summed E-state index contributed by atoms with van der Waals surface area (Å²) in [6.45, 7) is 0. The largest absolute Gasteiger partial charge is 0.380 e. The normalized spacial score (nSPS) is 19.4. The van der Waals surface area contributed by atoms with E-state index in [4.69, 9.17) is 9.97 Å². The molecule has 6 nitrogen and oxygen atoms in total. The smallest absolute Gasteiger partial charge is 0.322 e. The molecule has 6 aliphatic rings. The van der Waals surface area contributed by atoms with Crippen LogP contribution in [-0.4, -0.2) is 33.5 Å². The van der Waals surface area contributed by atoms with Crippen molar-refractivity contribution in [2.24, 2.45) is 0 Å². The third-order valence-electron chi connectivity index (χ3n) is 11.2. The van der Waals surface area contributed by atoms with Crippen LogP contribution >= 0.6 is 0 Å². The van der Waals surface area contributed by atoms with Crippen LogP contribution in [-0.2, 0) is 0 Å². The van der Waals surface area contributed by atoms with Crippen molar-refractivity contribution in [3.8, 4) is 11.4 Å². The summed E-state index contributed by atoms with van der Waals surface area (Å²) in [5.74, 6) is 2.35. The lowest BCUT2D eigenvalue weighted by atomic mass is 9.92. The van der Waals surface area contributed by atoms with E-state index in [1.165, 1.54) is 45.1 Å². The molecule has 6 aromatic rings. The highest BCUT2D eigenvalue weighted by molar-refractivity contribution is 6.22. The first-order chi connectivity index (χ1) is 25.8. The average molecular weight is 667 g/mol. The minimum absolute atomic E-state index is 0.0282. The van der Waals surface area contributed by atoms with Gasteiger partial charge < -0.3 is 9.80 Å². The predicted octanol–water partition coefficient (Wildman–Crippen LogP) is 9.67. The standard InChI is InChI=1S/C46H30N6/c1-2-14-29(15-3-1)46-47-42(49-36-22-8-10-24-38(36)51-34-20-6-4-16-30(34)32-18-12-26-40(49)44(32)51)28-43(48-46)50-37-23-9-11-25-39(37)52-35-21-7-5-17-31(35)33-19-13-27-41(50)45(33)52/h1-28,44-45H/q+2. The number of nitrogens with zero attached hydrogens (tertiary/aromatic N) is 6. The maximum atomic E-state index is 5.41. The molecule has 52 heavy (non-hydrogen) atoms. The van der Waals surface area contributed by atoms with Crippen molar-refractivity contribution in [3.05, 3.63) is 181 Å². The molecule has 2 atom stereocenters. The van der Waals surface area contributed by atoms with E-state index in [2.05, 4.69) is 183 Å². The second kappa shape index (κ2) is 10.3. The van der Waals surface area contributed by atoms with Crippen LogP contribution < -0.4 is 19.0 Å². The average Bonchev–Trinajstić information content (AvgIpc) is 3.74. The van der Waals surface area contributed by atoms with Crippen molar-refractivity contribution >= 4 is 68.3 Å². The van der Waals surface area contributed by atoms with E-state index >= 15 is 0 Å². The maximum Gasteiger partial charge on any atom is 0.380 e. The molecule has 0 N–H and O–H groups in total. The number of fused-ring (bicyclic) bond motifs is 10. The molecule has 242 valence electrons. The molecule has 0 bridgehead atoms. The Bertz CT molecular complexity index is 2600. The molecule has 5 heterocycles. The highest BCUT2D eigenvalue weighted by Crippen LogP contribution is 2.54. The fourth-order valence-electron chi connectivity index (χ4n) is 9.14. The number of hydrogen-bond acceptors (Lipinski definition) is 4. The summed E-state index contributed by atoms with van der Waals surface area (Å²) in [5, 5.41) is 0. The molecular formula is C46H30N6+2. The summed E-state index contributed by atoms with van der Waals surface area (Å²) in [7, 11) is 0. The summed E-state index contributed by atoms with van der Waals surface area (Å²) >= 11 is 0. The van der Waals surface area contributed by atoms with E-state index in [0.29, 0.717) is 5.82 Å². The van der Waals surface area contributed by atoms with Crippen LogP contribution in [0.5, 0.6) is 0 Å². The van der Waals surface area contributed by atoms with Crippen molar-refractivity contribution in [1.29, 1.82) is 0 Å². The monoisotopic (exact) mass is 666 g/mol. The van der Waals surface area contributed by atoms with Crippen LogP contribution in [0.2, 0.25) is 0 Å². The second-order valence-electron chi connectivity index (χ2n) is 13.8. The maximum absolute atomic E-state index is 5.41.